The molecule has 0 aromatic heterocycles. The van der Waals surface area contributed by atoms with E-state index in [1.807, 2.05) is 31.2 Å². The molecule has 2 aliphatic rings. The molecule has 3 rings (SSSR count). The second-order valence-corrected chi connectivity index (χ2v) is 7.36. The van der Waals surface area contributed by atoms with Gasteiger partial charge in [0.05, 0.1) is 25.4 Å². The zero-order valence-electron chi connectivity index (χ0n) is 17.3. The lowest BCUT2D eigenvalue weighted by Crippen LogP contribution is -2.48. The summed E-state index contributed by atoms with van der Waals surface area (Å²) in [6.07, 6.45) is 0.130. The number of nitrogens with zero attached hydrogens (tertiary/aromatic N) is 2. The van der Waals surface area contributed by atoms with Crippen molar-refractivity contribution < 1.29 is 23.9 Å². The van der Waals surface area contributed by atoms with Crippen molar-refractivity contribution in [1.82, 2.24) is 9.80 Å². The lowest BCUT2D eigenvalue weighted by Gasteiger charge is -2.36. The minimum absolute atomic E-state index is 0.0753. The largest absolute Gasteiger partial charge is 0.463 e. The molecule has 2 aliphatic heterocycles. The predicted octanol–water partition coefficient (Wildman–Crippen LogP) is 2.01. The predicted molar refractivity (Wildman–Crippen MR) is 107 cm³/mol. The Hall–Kier alpha value is -2.67. The van der Waals surface area contributed by atoms with Crippen LogP contribution in [0.4, 0.5) is 0 Å². The first-order valence-corrected chi connectivity index (χ1v) is 10.0. The summed E-state index contributed by atoms with van der Waals surface area (Å²) >= 11 is 0. The van der Waals surface area contributed by atoms with Crippen molar-refractivity contribution >= 4 is 17.8 Å². The summed E-state index contributed by atoms with van der Waals surface area (Å²) in [5.41, 5.74) is 2.90. The number of hydrogen-bond donors (Lipinski definition) is 0. The van der Waals surface area contributed by atoms with Crippen molar-refractivity contribution in [2.24, 2.45) is 0 Å². The van der Waals surface area contributed by atoms with Gasteiger partial charge in [0.1, 0.15) is 6.54 Å². The van der Waals surface area contributed by atoms with Gasteiger partial charge in [-0.25, -0.2) is 4.79 Å². The van der Waals surface area contributed by atoms with Crippen LogP contribution in [-0.4, -0.2) is 67.0 Å². The van der Waals surface area contributed by atoms with Gasteiger partial charge in [-0.2, -0.15) is 0 Å². The lowest BCUT2D eigenvalue weighted by atomic mass is 9.83. The number of hydrogen-bond acceptors (Lipinski definition) is 5. The van der Waals surface area contributed by atoms with Crippen LogP contribution < -0.4 is 0 Å². The number of carbonyl (C=O) groups is 3. The number of allylic oxidation sites excluding steroid dienone is 1. The molecule has 2 heterocycles. The number of rotatable bonds is 5. The standard InChI is InChI=1S/C22H28N2O5/c1-4-29-22(27)21-16(3)24(14-20(26)23-8-10-28-11-9-23)19(25)13-18(21)17-7-5-6-15(2)12-17/h5-7,12,18H,4,8-11,13-14H2,1-3H3. The first-order chi connectivity index (χ1) is 13.9. The van der Waals surface area contributed by atoms with Crippen LogP contribution in [0.3, 0.4) is 0 Å². The highest BCUT2D eigenvalue weighted by molar-refractivity contribution is 5.97. The number of amides is 2. The third-order valence-corrected chi connectivity index (χ3v) is 5.42. The molecule has 0 N–H and O–H groups in total. The fraction of sp³-hybridized carbons (Fsp3) is 0.500. The average Bonchev–Trinajstić information content (AvgIpc) is 2.71. The molecule has 1 atom stereocenters. The van der Waals surface area contributed by atoms with E-state index in [1.54, 1.807) is 18.7 Å². The average molecular weight is 400 g/mol. The molecule has 0 radical (unpaired) electrons. The van der Waals surface area contributed by atoms with Gasteiger partial charge in [0.25, 0.3) is 0 Å². The van der Waals surface area contributed by atoms with E-state index in [4.69, 9.17) is 9.47 Å². The zero-order valence-corrected chi connectivity index (χ0v) is 17.3. The van der Waals surface area contributed by atoms with E-state index in [0.29, 0.717) is 37.6 Å². The smallest absolute Gasteiger partial charge is 0.336 e. The van der Waals surface area contributed by atoms with Gasteiger partial charge in [0, 0.05) is 31.1 Å². The molecule has 1 aromatic rings. The molecule has 7 nitrogen and oxygen atoms in total. The van der Waals surface area contributed by atoms with Gasteiger partial charge < -0.3 is 19.3 Å². The van der Waals surface area contributed by atoms with Crippen molar-refractivity contribution in [3.8, 4) is 0 Å². The molecule has 0 aliphatic carbocycles. The highest BCUT2D eigenvalue weighted by Crippen LogP contribution is 2.37. The van der Waals surface area contributed by atoms with Gasteiger partial charge in [-0.1, -0.05) is 29.8 Å². The van der Waals surface area contributed by atoms with Crippen molar-refractivity contribution in [3.63, 3.8) is 0 Å². The van der Waals surface area contributed by atoms with Gasteiger partial charge >= 0.3 is 5.97 Å². The maximum atomic E-state index is 13.0. The van der Waals surface area contributed by atoms with Crippen molar-refractivity contribution in [3.05, 3.63) is 46.7 Å². The van der Waals surface area contributed by atoms with E-state index in [0.717, 1.165) is 11.1 Å². The van der Waals surface area contributed by atoms with Crippen LogP contribution >= 0.6 is 0 Å². The zero-order chi connectivity index (χ0) is 21.0. The summed E-state index contributed by atoms with van der Waals surface area (Å²) in [7, 11) is 0. The molecule has 0 saturated carbocycles. The summed E-state index contributed by atoms with van der Waals surface area (Å²) in [6.45, 7) is 7.64. The lowest BCUT2D eigenvalue weighted by molar-refractivity contribution is -0.144. The Balaban J connectivity index is 1.93. The number of carbonyl (C=O) groups excluding carboxylic acids is 3. The molecule has 1 unspecified atom stereocenters. The molecular formula is C22H28N2O5. The molecule has 2 amide bonds. The highest BCUT2D eigenvalue weighted by atomic mass is 16.5. The second-order valence-electron chi connectivity index (χ2n) is 7.36. The minimum Gasteiger partial charge on any atom is -0.463 e. The van der Waals surface area contributed by atoms with Crippen LogP contribution in [0, 0.1) is 6.92 Å². The number of benzene rings is 1. The first kappa shape index (κ1) is 21.0. The van der Waals surface area contributed by atoms with Crippen LogP contribution in [0.5, 0.6) is 0 Å². The molecule has 156 valence electrons. The van der Waals surface area contributed by atoms with Gasteiger partial charge in [-0.05, 0) is 26.3 Å². The maximum Gasteiger partial charge on any atom is 0.336 e. The van der Waals surface area contributed by atoms with Gasteiger partial charge in [0.2, 0.25) is 11.8 Å². The Bertz CT molecular complexity index is 826. The SMILES string of the molecule is CCOC(=O)C1=C(C)N(CC(=O)N2CCOCC2)C(=O)CC1c1cccc(C)c1. The second kappa shape index (κ2) is 9.22. The van der Waals surface area contributed by atoms with Crippen LogP contribution in [-0.2, 0) is 23.9 Å². The molecule has 1 saturated heterocycles. The molecule has 7 heteroatoms. The maximum absolute atomic E-state index is 13.0. The third-order valence-electron chi connectivity index (χ3n) is 5.42. The number of morpholine rings is 1. The van der Waals surface area contributed by atoms with E-state index in [9.17, 15) is 14.4 Å². The number of ether oxygens (including phenoxy) is 2. The van der Waals surface area contributed by atoms with E-state index in [1.165, 1.54) is 4.90 Å². The number of aryl methyl sites for hydroxylation is 1. The Morgan fingerprint density at radius 3 is 2.59 bits per heavy atom. The molecule has 29 heavy (non-hydrogen) atoms. The van der Waals surface area contributed by atoms with Crippen LogP contribution in [0.25, 0.3) is 0 Å². The molecule has 1 fully saturated rings. The summed E-state index contributed by atoms with van der Waals surface area (Å²) < 4.78 is 10.6. The highest BCUT2D eigenvalue weighted by Gasteiger charge is 2.38. The van der Waals surface area contributed by atoms with Crippen LogP contribution in [0.2, 0.25) is 0 Å². The quantitative estimate of drug-likeness (QED) is 0.707. The fourth-order valence-corrected chi connectivity index (χ4v) is 3.90. The summed E-state index contributed by atoms with van der Waals surface area (Å²) in [4.78, 5) is 41.6. The summed E-state index contributed by atoms with van der Waals surface area (Å²) in [5.74, 6) is -1.12. The Morgan fingerprint density at radius 1 is 1.21 bits per heavy atom. The molecule has 0 bridgehead atoms. The third kappa shape index (κ3) is 4.67. The van der Waals surface area contributed by atoms with E-state index < -0.39 is 5.97 Å². The summed E-state index contributed by atoms with van der Waals surface area (Å²) in [5, 5.41) is 0. The normalized spacial score (nSPS) is 20.1. The molecule has 1 aromatic carbocycles. The summed E-state index contributed by atoms with van der Waals surface area (Å²) in [6, 6.07) is 7.80. The van der Waals surface area contributed by atoms with E-state index in [2.05, 4.69) is 0 Å². The van der Waals surface area contributed by atoms with Crippen molar-refractivity contribution in [1.29, 1.82) is 0 Å². The fourth-order valence-electron chi connectivity index (χ4n) is 3.90. The first-order valence-electron chi connectivity index (χ1n) is 10.0. The van der Waals surface area contributed by atoms with Gasteiger partial charge in [-0.3, -0.25) is 9.59 Å². The van der Waals surface area contributed by atoms with E-state index in [-0.39, 0.29) is 37.3 Å². The van der Waals surface area contributed by atoms with E-state index >= 15 is 0 Å². The molecular weight excluding hydrogens is 372 g/mol. The van der Waals surface area contributed by atoms with Crippen molar-refractivity contribution in [2.45, 2.75) is 33.1 Å². The van der Waals surface area contributed by atoms with Gasteiger partial charge in [0.15, 0.2) is 0 Å². The van der Waals surface area contributed by atoms with Crippen LogP contribution in [0.15, 0.2) is 35.5 Å². The Kier molecular flexibility index (Phi) is 6.69. The minimum atomic E-state index is -0.437. The Labute approximate surface area is 171 Å². The van der Waals surface area contributed by atoms with Crippen molar-refractivity contribution in [2.75, 3.05) is 39.5 Å². The van der Waals surface area contributed by atoms with Gasteiger partial charge in [-0.15, -0.1) is 0 Å². The topological polar surface area (TPSA) is 76.2 Å². The Morgan fingerprint density at radius 2 is 1.93 bits per heavy atom. The number of esters is 1. The molecule has 0 spiro atoms. The monoisotopic (exact) mass is 400 g/mol. The van der Waals surface area contributed by atoms with Crippen LogP contribution in [0.1, 0.15) is 37.3 Å².